The molecule has 0 radical (unpaired) electrons. The van der Waals surface area contributed by atoms with Crippen molar-refractivity contribution >= 4 is 11.9 Å². The van der Waals surface area contributed by atoms with Crippen molar-refractivity contribution in [2.45, 2.75) is 424 Å². The predicted molar refractivity (Wildman–Crippen MR) is 361 cm³/mol. The molecule has 0 aliphatic heterocycles. The molecular formula is C76H145NO5. The van der Waals surface area contributed by atoms with E-state index in [2.05, 4.69) is 43.5 Å². The number of hydrogen-bond acceptors (Lipinski definition) is 5. The first-order chi connectivity index (χ1) is 40.5. The van der Waals surface area contributed by atoms with E-state index in [9.17, 15) is 19.8 Å². The van der Waals surface area contributed by atoms with Crippen LogP contribution in [0, 0.1) is 0 Å². The fraction of sp³-hybridized carbons (Fsp3) is 0.895. The number of unbranched alkanes of at least 4 members (excludes halogenated alkanes) is 55. The van der Waals surface area contributed by atoms with Crippen molar-refractivity contribution in [3.8, 4) is 0 Å². The lowest BCUT2D eigenvalue weighted by molar-refractivity contribution is -0.143. The van der Waals surface area contributed by atoms with E-state index in [1.54, 1.807) is 6.08 Å². The van der Waals surface area contributed by atoms with Gasteiger partial charge < -0.3 is 20.3 Å². The molecule has 3 N–H and O–H groups in total. The third-order valence-corrected chi connectivity index (χ3v) is 17.4. The second-order valence-electron chi connectivity index (χ2n) is 25.6. The smallest absolute Gasteiger partial charge is 0.305 e. The van der Waals surface area contributed by atoms with E-state index in [0.29, 0.717) is 19.4 Å². The highest BCUT2D eigenvalue weighted by molar-refractivity contribution is 5.76. The van der Waals surface area contributed by atoms with Crippen LogP contribution in [0.4, 0.5) is 0 Å². The Kier molecular flexibility index (Phi) is 69.9. The molecule has 1 amide bonds. The van der Waals surface area contributed by atoms with Gasteiger partial charge in [0.1, 0.15) is 0 Å². The minimum absolute atomic E-state index is 0.0183. The van der Waals surface area contributed by atoms with Gasteiger partial charge in [-0.3, -0.25) is 9.59 Å². The van der Waals surface area contributed by atoms with Crippen LogP contribution in [0.15, 0.2) is 36.5 Å². The number of amides is 1. The Labute approximate surface area is 513 Å². The zero-order valence-corrected chi connectivity index (χ0v) is 55.5. The molecule has 0 heterocycles. The second kappa shape index (κ2) is 71.6. The van der Waals surface area contributed by atoms with Gasteiger partial charge in [-0.15, -0.1) is 0 Å². The number of hydrogen-bond donors (Lipinski definition) is 3. The maximum Gasteiger partial charge on any atom is 0.305 e. The fourth-order valence-electron chi connectivity index (χ4n) is 11.7. The number of nitrogens with one attached hydrogen (secondary N) is 1. The summed E-state index contributed by atoms with van der Waals surface area (Å²) in [7, 11) is 0. The number of carbonyl (C=O) groups excluding carboxylic acids is 2. The molecule has 0 saturated carbocycles. The standard InChI is InChI=1S/C76H145NO5/c1-3-5-7-9-11-13-15-16-17-39-43-46-50-54-58-62-66-70-76(81)82-71-67-63-59-55-51-47-44-41-38-36-34-32-30-28-26-24-22-20-18-19-21-23-25-27-29-31-33-35-37-40-42-45-49-53-57-61-65-69-75(80)77-73(72-78)74(79)68-64-60-56-52-48-14-12-10-8-6-4-2/h16-18,20,64,68,73-74,78-79H,3-15,19,21-63,65-67,69-72H2,1-2H3,(H,77,80)/b17-16-,20-18-,68-64+. The lowest BCUT2D eigenvalue weighted by Gasteiger charge is -2.20. The SMILES string of the molecule is CCCCCCCC/C=C\CCCCCCCCCC(=O)OCCCCCCCCCCCCCCCCCC/C=C\CCCCCCCCCCCCCCCCCCCC(=O)NC(CO)C(O)/C=C/CCCCCCCCCCC. The molecule has 2 unspecified atom stereocenters. The molecule has 0 aromatic carbocycles. The molecule has 0 bridgehead atoms. The Morgan fingerprint density at radius 2 is 0.573 bits per heavy atom. The highest BCUT2D eigenvalue weighted by atomic mass is 16.5. The average molecular weight is 1150 g/mol. The Balaban J connectivity index is 3.31. The molecule has 0 saturated heterocycles. The molecule has 484 valence electrons. The highest BCUT2D eigenvalue weighted by Gasteiger charge is 2.18. The quantitative estimate of drug-likeness (QED) is 0.0320. The molecule has 6 nitrogen and oxygen atoms in total. The summed E-state index contributed by atoms with van der Waals surface area (Å²) >= 11 is 0. The molecule has 0 aliphatic rings. The van der Waals surface area contributed by atoms with Crippen molar-refractivity contribution in [2.75, 3.05) is 13.2 Å². The van der Waals surface area contributed by atoms with Crippen molar-refractivity contribution < 1.29 is 24.5 Å². The predicted octanol–water partition coefficient (Wildman–Crippen LogP) is 24.3. The van der Waals surface area contributed by atoms with E-state index in [1.807, 2.05) is 6.08 Å². The van der Waals surface area contributed by atoms with Crippen LogP contribution in [-0.2, 0) is 14.3 Å². The zero-order chi connectivity index (χ0) is 59.2. The normalized spacial score (nSPS) is 12.7. The first kappa shape index (κ1) is 80.1. The van der Waals surface area contributed by atoms with Gasteiger partial charge in [-0.1, -0.05) is 352 Å². The second-order valence-corrected chi connectivity index (χ2v) is 25.6. The van der Waals surface area contributed by atoms with Gasteiger partial charge in [-0.2, -0.15) is 0 Å². The topological polar surface area (TPSA) is 95.9 Å². The van der Waals surface area contributed by atoms with Crippen LogP contribution in [0.1, 0.15) is 412 Å². The highest BCUT2D eigenvalue weighted by Crippen LogP contribution is 2.19. The average Bonchev–Trinajstić information content (AvgIpc) is 3.48. The lowest BCUT2D eigenvalue weighted by Crippen LogP contribution is -2.45. The summed E-state index contributed by atoms with van der Waals surface area (Å²) in [6, 6.07) is -0.623. The maximum absolute atomic E-state index is 12.4. The van der Waals surface area contributed by atoms with Gasteiger partial charge in [0.15, 0.2) is 0 Å². The van der Waals surface area contributed by atoms with Crippen LogP contribution in [0.2, 0.25) is 0 Å². The van der Waals surface area contributed by atoms with Crippen molar-refractivity contribution in [1.82, 2.24) is 5.32 Å². The molecule has 0 spiro atoms. The largest absolute Gasteiger partial charge is 0.466 e. The van der Waals surface area contributed by atoms with Crippen LogP contribution in [-0.4, -0.2) is 47.4 Å². The van der Waals surface area contributed by atoms with E-state index in [1.165, 1.54) is 340 Å². The number of carbonyl (C=O) groups is 2. The van der Waals surface area contributed by atoms with Crippen molar-refractivity contribution in [3.63, 3.8) is 0 Å². The Hall–Kier alpha value is -1.92. The summed E-state index contributed by atoms with van der Waals surface area (Å²) in [4.78, 5) is 24.5. The number of ether oxygens (including phenoxy) is 1. The van der Waals surface area contributed by atoms with Gasteiger partial charge in [0.05, 0.1) is 25.4 Å². The van der Waals surface area contributed by atoms with E-state index in [-0.39, 0.29) is 18.5 Å². The number of rotatable bonds is 70. The molecule has 82 heavy (non-hydrogen) atoms. The molecule has 0 aliphatic carbocycles. The molecule has 0 rings (SSSR count). The summed E-state index contributed by atoms with van der Waals surface area (Å²) in [5.41, 5.74) is 0. The van der Waals surface area contributed by atoms with Gasteiger partial charge in [0.2, 0.25) is 5.91 Å². The van der Waals surface area contributed by atoms with Crippen LogP contribution < -0.4 is 5.32 Å². The van der Waals surface area contributed by atoms with Crippen LogP contribution in [0.25, 0.3) is 0 Å². The van der Waals surface area contributed by atoms with E-state index in [4.69, 9.17) is 4.74 Å². The van der Waals surface area contributed by atoms with E-state index in [0.717, 1.165) is 44.9 Å². The summed E-state index contributed by atoms with van der Waals surface area (Å²) in [6.07, 6.45) is 92.6. The molecule has 6 heteroatoms. The Morgan fingerprint density at radius 1 is 0.329 bits per heavy atom. The lowest BCUT2D eigenvalue weighted by atomic mass is 10.0. The van der Waals surface area contributed by atoms with Crippen LogP contribution in [0.5, 0.6) is 0 Å². The van der Waals surface area contributed by atoms with Crippen molar-refractivity contribution in [2.24, 2.45) is 0 Å². The Morgan fingerprint density at radius 3 is 0.866 bits per heavy atom. The number of aliphatic hydroxyl groups excluding tert-OH is 2. The van der Waals surface area contributed by atoms with Gasteiger partial charge >= 0.3 is 5.97 Å². The number of aliphatic hydroxyl groups is 2. The summed E-state index contributed by atoms with van der Waals surface area (Å²) in [5.74, 6) is -0.0453. The molecule has 0 aromatic heterocycles. The summed E-state index contributed by atoms with van der Waals surface area (Å²) in [6.45, 7) is 4.92. The monoisotopic (exact) mass is 1150 g/mol. The van der Waals surface area contributed by atoms with Gasteiger partial charge in [-0.25, -0.2) is 0 Å². The van der Waals surface area contributed by atoms with Gasteiger partial charge in [0.25, 0.3) is 0 Å². The first-order valence-electron chi connectivity index (χ1n) is 37.3. The van der Waals surface area contributed by atoms with Gasteiger partial charge in [0, 0.05) is 12.8 Å². The minimum Gasteiger partial charge on any atom is -0.466 e. The number of esters is 1. The van der Waals surface area contributed by atoms with Crippen molar-refractivity contribution in [3.05, 3.63) is 36.5 Å². The summed E-state index contributed by atoms with van der Waals surface area (Å²) < 4.78 is 5.51. The molecule has 0 aromatic rings. The molecule has 0 fully saturated rings. The fourth-order valence-corrected chi connectivity index (χ4v) is 11.7. The van der Waals surface area contributed by atoms with Crippen LogP contribution >= 0.6 is 0 Å². The van der Waals surface area contributed by atoms with Crippen LogP contribution in [0.3, 0.4) is 0 Å². The van der Waals surface area contributed by atoms with Gasteiger partial charge in [-0.05, 0) is 83.5 Å². The summed E-state index contributed by atoms with van der Waals surface area (Å²) in [5, 5.41) is 23.1. The third-order valence-electron chi connectivity index (χ3n) is 17.4. The first-order valence-corrected chi connectivity index (χ1v) is 37.3. The van der Waals surface area contributed by atoms with E-state index >= 15 is 0 Å². The van der Waals surface area contributed by atoms with E-state index < -0.39 is 12.1 Å². The molecular weight excluding hydrogens is 1010 g/mol. The molecule has 2 atom stereocenters. The Bertz CT molecular complexity index is 1330. The number of allylic oxidation sites excluding steroid dienone is 5. The maximum atomic E-state index is 12.4. The minimum atomic E-state index is -0.840. The third kappa shape index (κ3) is 67.2. The zero-order valence-electron chi connectivity index (χ0n) is 55.5. The van der Waals surface area contributed by atoms with Crippen molar-refractivity contribution in [1.29, 1.82) is 0 Å².